The second-order valence-corrected chi connectivity index (χ2v) is 13.0. The number of benzene rings is 1. The Morgan fingerprint density at radius 3 is 2.16 bits per heavy atom. The second kappa shape index (κ2) is 11.7. The van der Waals surface area contributed by atoms with Gasteiger partial charge < -0.3 is 4.74 Å². The van der Waals surface area contributed by atoms with Crippen LogP contribution in [-0.2, 0) is 16.0 Å². The largest absolute Gasteiger partial charge is 0.375 e. The molecule has 2 rings (SSSR count). The molecule has 0 unspecified atom stereocenters. The Morgan fingerprint density at radius 1 is 1.00 bits per heavy atom. The van der Waals surface area contributed by atoms with E-state index in [1.807, 2.05) is 78.9 Å². The van der Waals surface area contributed by atoms with Crippen LogP contribution in [0.15, 0.2) is 36.5 Å². The molecule has 6 nitrogen and oxygen atoms in total. The summed E-state index contributed by atoms with van der Waals surface area (Å²) in [5, 5.41) is 18.0. The number of Topliss-reactive ketones (excluding diaryl/α,β-unsaturated/α-hetero) is 1. The highest BCUT2D eigenvalue weighted by molar-refractivity contribution is 5.88. The lowest BCUT2D eigenvalue weighted by Gasteiger charge is -2.32. The molecule has 0 amide bonds. The van der Waals surface area contributed by atoms with Crippen molar-refractivity contribution in [1.82, 2.24) is 15.0 Å². The fraction of sp³-hybridized carbons (Fsp3) is 0.613. The van der Waals surface area contributed by atoms with Crippen LogP contribution in [-0.4, -0.2) is 33.0 Å². The van der Waals surface area contributed by atoms with Gasteiger partial charge in [0, 0.05) is 29.9 Å². The van der Waals surface area contributed by atoms with E-state index < -0.39 is 11.0 Å². The minimum absolute atomic E-state index is 0.0761. The summed E-state index contributed by atoms with van der Waals surface area (Å²) in [4.78, 5) is 12.7. The van der Waals surface area contributed by atoms with Crippen LogP contribution >= 0.6 is 0 Å². The first-order valence-corrected chi connectivity index (χ1v) is 13.3. The van der Waals surface area contributed by atoms with E-state index in [9.17, 15) is 10.1 Å². The first kappa shape index (κ1) is 30.4. The van der Waals surface area contributed by atoms with Gasteiger partial charge in [0.1, 0.15) is 5.78 Å². The van der Waals surface area contributed by atoms with Gasteiger partial charge in [-0.15, -0.1) is 5.10 Å². The third kappa shape index (κ3) is 8.36. The van der Waals surface area contributed by atoms with Crippen molar-refractivity contribution in [3.63, 3.8) is 0 Å². The summed E-state index contributed by atoms with van der Waals surface area (Å²) in [5.41, 5.74) is 2.54. The Kier molecular flexibility index (Phi) is 9.65. The zero-order chi connectivity index (χ0) is 28.1. The van der Waals surface area contributed by atoms with Gasteiger partial charge in [-0.1, -0.05) is 79.2 Å². The predicted molar refractivity (Wildman–Crippen MR) is 150 cm³/mol. The van der Waals surface area contributed by atoms with E-state index in [2.05, 4.69) is 37.2 Å². The molecule has 1 aromatic carbocycles. The number of allylic oxidation sites excluding steroid dienone is 2. The van der Waals surface area contributed by atoms with Gasteiger partial charge in [0.15, 0.2) is 0 Å². The van der Waals surface area contributed by atoms with Crippen LogP contribution < -0.4 is 0 Å². The van der Waals surface area contributed by atoms with Crippen molar-refractivity contribution in [2.24, 2.45) is 16.2 Å². The fourth-order valence-corrected chi connectivity index (χ4v) is 4.99. The van der Waals surface area contributed by atoms with Crippen molar-refractivity contribution in [2.45, 2.75) is 101 Å². The van der Waals surface area contributed by atoms with E-state index in [4.69, 9.17) is 4.74 Å². The zero-order valence-electron chi connectivity index (χ0n) is 24.6. The van der Waals surface area contributed by atoms with E-state index in [0.29, 0.717) is 19.4 Å². The SMILES string of the molecule is CCCC(C)(C)/C(=C/C#N)c1ccc(-n2cc(CC(C)(C)OCCC(C)(C)C(=O)C(C)(C)C)nn2)cc1. The van der Waals surface area contributed by atoms with Crippen LogP contribution in [0.2, 0.25) is 0 Å². The van der Waals surface area contributed by atoms with E-state index in [-0.39, 0.29) is 16.6 Å². The van der Waals surface area contributed by atoms with Crippen LogP contribution in [0.1, 0.15) is 99.8 Å². The van der Waals surface area contributed by atoms with E-state index >= 15 is 0 Å². The summed E-state index contributed by atoms with van der Waals surface area (Å²) in [6, 6.07) is 10.3. The Hall–Kier alpha value is -2.78. The molecule has 6 heteroatoms. The van der Waals surface area contributed by atoms with Crippen LogP contribution in [0.4, 0.5) is 0 Å². The molecule has 1 heterocycles. The molecule has 0 aliphatic rings. The number of carbonyl (C=O) groups excluding carboxylic acids is 1. The van der Waals surface area contributed by atoms with Crippen LogP contribution in [0, 0.1) is 27.6 Å². The topological polar surface area (TPSA) is 80.8 Å². The van der Waals surface area contributed by atoms with Gasteiger partial charge in [-0.05, 0) is 55.4 Å². The third-order valence-electron chi connectivity index (χ3n) is 6.92. The number of nitriles is 1. The molecule has 0 radical (unpaired) electrons. The average Bonchev–Trinajstić information content (AvgIpc) is 3.23. The molecular weight excluding hydrogens is 460 g/mol. The highest BCUT2D eigenvalue weighted by atomic mass is 16.5. The first-order chi connectivity index (χ1) is 17.0. The summed E-state index contributed by atoms with van der Waals surface area (Å²) in [6.07, 6.45) is 6.95. The summed E-state index contributed by atoms with van der Waals surface area (Å²) < 4.78 is 7.97. The molecule has 37 heavy (non-hydrogen) atoms. The number of nitrogens with zero attached hydrogens (tertiary/aromatic N) is 4. The lowest BCUT2D eigenvalue weighted by molar-refractivity contribution is -0.137. The Balaban J connectivity index is 2.07. The Bertz CT molecular complexity index is 1120. The van der Waals surface area contributed by atoms with Crippen LogP contribution in [0.5, 0.6) is 0 Å². The summed E-state index contributed by atoms with van der Waals surface area (Å²) in [7, 11) is 0. The highest BCUT2D eigenvalue weighted by Crippen LogP contribution is 2.38. The molecular formula is C31H46N4O2. The summed E-state index contributed by atoms with van der Waals surface area (Å²) in [6.45, 7) is 21.0. The van der Waals surface area contributed by atoms with Gasteiger partial charge in [-0.25, -0.2) is 4.68 Å². The molecule has 202 valence electrons. The van der Waals surface area contributed by atoms with Gasteiger partial charge >= 0.3 is 0 Å². The third-order valence-corrected chi connectivity index (χ3v) is 6.92. The maximum absolute atomic E-state index is 12.7. The smallest absolute Gasteiger partial charge is 0.143 e. The standard InChI is InChI=1S/C31H46N4O2/c1-11-17-29(5,6)26(16-19-32)23-12-14-25(15-13-23)35-22-24(33-34-35)21-31(9,10)37-20-18-30(7,8)27(36)28(2,3)4/h12-16,22H,11,17-18,20-21H2,1-10H3/b26-16+. The molecule has 0 aliphatic carbocycles. The van der Waals surface area contributed by atoms with E-state index in [1.54, 1.807) is 10.8 Å². The van der Waals surface area contributed by atoms with Gasteiger partial charge in [-0.2, -0.15) is 5.26 Å². The number of hydrogen-bond acceptors (Lipinski definition) is 5. The minimum atomic E-state index is -0.437. The Labute approximate surface area is 224 Å². The van der Waals surface area contributed by atoms with Crippen molar-refractivity contribution >= 4 is 11.4 Å². The summed E-state index contributed by atoms with van der Waals surface area (Å²) in [5.74, 6) is 0.250. The van der Waals surface area contributed by atoms with Crippen molar-refractivity contribution < 1.29 is 9.53 Å². The van der Waals surface area contributed by atoms with Gasteiger partial charge in [-0.3, -0.25) is 4.79 Å². The number of aromatic nitrogens is 3. The van der Waals surface area contributed by atoms with Crippen molar-refractivity contribution in [3.05, 3.63) is 47.8 Å². The second-order valence-electron chi connectivity index (χ2n) is 13.0. The monoisotopic (exact) mass is 506 g/mol. The molecule has 0 saturated carbocycles. The van der Waals surface area contributed by atoms with Crippen molar-refractivity contribution in [2.75, 3.05) is 6.61 Å². The lowest BCUT2D eigenvalue weighted by atomic mass is 9.73. The molecule has 0 bridgehead atoms. The molecule has 0 spiro atoms. The summed E-state index contributed by atoms with van der Waals surface area (Å²) >= 11 is 0. The number of hydrogen-bond donors (Lipinski definition) is 0. The lowest BCUT2D eigenvalue weighted by Crippen LogP contribution is -2.37. The van der Waals surface area contributed by atoms with E-state index in [1.165, 1.54) is 0 Å². The normalized spacial score (nSPS) is 13.5. The predicted octanol–water partition coefficient (Wildman–Crippen LogP) is 7.37. The average molecular weight is 507 g/mol. The molecule has 1 aromatic heterocycles. The van der Waals surface area contributed by atoms with Crippen LogP contribution in [0.25, 0.3) is 11.3 Å². The van der Waals surface area contributed by atoms with Crippen molar-refractivity contribution in [3.8, 4) is 11.8 Å². The number of ether oxygens (including phenoxy) is 1. The molecule has 0 atom stereocenters. The zero-order valence-corrected chi connectivity index (χ0v) is 24.6. The molecule has 0 N–H and O–H groups in total. The maximum atomic E-state index is 12.7. The minimum Gasteiger partial charge on any atom is -0.375 e. The van der Waals surface area contributed by atoms with Gasteiger partial charge in [0.05, 0.1) is 29.2 Å². The molecule has 0 fully saturated rings. The quantitative estimate of drug-likeness (QED) is 0.281. The number of ketones is 1. The van der Waals surface area contributed by atoms with Crippen LogP contribution in [0.3, 0.4) is 0 Å². The van der Waals surface area contributed by atoms with Gasteiger partial charge in [0.2, 0.25) is 0 Å². The van der Waals surface area contributed by atoms with Gasteiger partial charge in [0.25, 0.3) is 0 Å². The fourth-order valence-electron chi connectivity index (χ4n) is 4.99. The number of carbonyl (C=O) groups is 1. The number of rotatable bonds is 12. The molecule has 0 aliphatic heterocycles. The highest BCUT2D eigenvalue weighted by Gasteiger charge is 2.36. The van der Waals surface area contributed by atoms with Crippen molar-refractivity contribution in [1.29, 1.82) is 5.26 Å². The maximum Gasteiger partial charge on any atom is 0.143 e. The molecule has 2 aromatic rings. The first-order valence-electron chi connectivity index (χ1n) is 13.3. The Morgan fingerprint density at radius 2 is 1.62 bits per heavy atom. The molecule has 0 saturated heterocycles. The van der Waals surface area contributed by atoms with E-state index in [0.717, 1.165) is 35.4 Å².